The molecule has 0 saturated heterocycles. The SMILES string of the molecule is [N-]=[N+]=NCc1ccccc1C[C@@]1(C(=O)NCCc2cccc(F)c2)N=C(c2ccc(OCCCO)cc2)O[C@@H]1c1ccccc1Br. The van der Waals surface area contributed by atoms with Crippen molar-refractivity contribution in [2.75, 3.05) is 19.8 Å². The number of aliphatic hydroxyl groups is 1. The van der Waals surface area contributed by atoms with Gasteiger partial charge in [0.25, 0.3) is 5.91 Å². The molecule has 1 aliphatic heterocycles. The number of nitrogens with one attached hydrogen (secondary N) is 1. The molecule has 46 heavy (non-hydrogen) atoms. The average Bonchev–Trinajstić information content (AvgIpc) is 3.45. The minimum atomic E-state index is -1.47. The lowest BCUT2D eigenvalue weighted by atomic mass is 9.81. The molecule has 4 aromatic carbocycles. The molecule has 236 valence electrons. The van der Waals surface area contributed by atoms with Gasteiger partial charge in [-0.1, -0.05) is 75.6 Å². The maximum absolute atomic E-state index is 14.5. The van der Waals surface area contributed by atoms with E-state index in [9.17, 15) is 9.18 Å². The predicted molar refractivity (Wildman–Crippen MR) is 177 cm³/mol. The van der Waals surface area contributed by atoms with Crippen molar-refractivity contribution >= 4 is 27.7 Å². The molecule has 0 radical (unpaired) electrons. The number of hydrogen-bond acceptors (Lipinski definition) is 6. The van der Waals surface area contributed by atoms with Crippen LogP contribution in [0.3, 0.4) is 0 Å². The molecule has 1 amide bonds. The average molecular weight is 687 g/mol. The number of azide groups is 1. The van der Waals surface area contributed by atoms with Crippen molar-refractivity contribution in [2.24, 2.45) is 10.1 Å². The number of aliphatic imine (C=N–C) groups is 1. The first-order chi connectivity index (χ1) is 22.4. The summed E-state index contributed by atoms with van der Waals surface area (Å²) in [6, 6.07) is 28.5. The van der Waals surface area contributed by atoms with Crippen molar-refractivity contribution in [1.29, 1.82) is 0 Å². The molecule has 0 spiro atoms. The number of nitrogens with zero attached hydrogens (tertiary/aromatic N) is 4. The summed E-state index contributed by atoms with van der Waals surface area (Å²) >= 11 is 3.66. The Morgan fingerprint density at radius 2 is 1.83 bits per heavy atom. The maximum Gasteiger partial charge on any atom is 0.252 e. The molecule has 0 unspecified atom stereocenters. The number of amides is 1. The second-order valence-corrected chi connectivity index (χ2v) is 11.6. The van der Waals surface area contributed by atoms with Crippen LogP contribution in [0.1, 0.15) is 40.3 Å². The number of benzene rings is 4. The molecule has 5 rings (SSSR count). The van der Waals surface area contributed by atoms with Gasteiger partial charge in [-0.05, 0) is 71.1 Å². The van der Waals surface area contributed by atoms with Gasteiger partial charge in [0, 0.05) is 46.5 Å². The van der Waals surface area contributed by atoms with Crippen molar-refractivity contribution in [3.05, 3.63) is 146 Å². The lowest BCUT2D eigenvalue weighted by Crippen LogP contribution is -2.50. The van der Waals surface area contributed by atoms with Gasteiger partial charge < -0.3 is 19.9 Å². The fourth-order valence-corrected chi connectivity index (χ4v) is 5.89. The van der Waals surface area contributed by atoms with Gasteiger partial charge in [0.15, 0.2) is 11.6 Å². The number of carbonyl (C=O) groups is 1. The largest absolute Gasteiger partial charge is 0.494 e. The number of hydrogen-bond donors (Lipinski definition) is 2. The van der Waals surface area contributed by atoms with Crippen LogP contribution in [-0.2, 0) is 28.9 Å². The van der Waals surface area contributed by atoms with Crippen LogP contribution in [0.25, 0.3) is 10.4 Å². The van der Waals surface area contributed by atoms with E-state index in [0.717, 1.165) is 26.7 Å². The van der Waals surface area contributed by atoms with E-state index in [-0.39, 0.29) is 43.7 Å². The highest BCUT2D eigenvalue weighted by molar-refractivity contribution is 9.10. The number of ether oxygens (including phenoxy) is 2. The molecule has 0 bridgehead atoms. The molecule has 0 aromatic heterocycles. The van der Waals surface area contributed by atoms with Crippen molar-refractivity contribution in [3.8, 4) is 5.75 Å². The fraction of sp³-hybridized carbons (Fsp3) is 0.257. The summed E-state index contributed by atoms with van der Waals surface area (Å²) in [7, 11) is 0. The van der Waals surface area contributed by atoms with E-state index in [2.05, 4.69) is 31.3 Å². The first-order valence-corrected chi connectivity index (χ1v) is 15.7. The first-order valence-electron chi connectivity index (χ1n) is 14.9. The van der Waals surface area contributed by atoms with Gasteiger partial charge in [-0.3, -0.25) is 4.79 Å². The highest BCUT2D eigenvalue weighted by atomic mass is 79.9. The third kappa shape index (κ3) is 7.74. The summed E-state index contributed by atoms with van der Waals surface area (Å²) < 4.78 is 26.9. The van der Waals surface area contributed by atoms with Crippen molar-refractivity contribution in [1.82, 2.24) is 5.32 Å². The van der Waals surface area contributed by atoms with Gasteiger partial charge in [0.1, 0.15) is 11.6 Å². The molecule has 2 N–H and O–H groups in total. The van der Waals surface area contributed by atoms with E-state index in [1.54, 1.807) is 18.2 Å². The van der Waals surface area contributed by atoms with Gasteiger partial charge in [-0.25, -0.2) is 9.38 Å². The molecule has 1 aliphatic rings. The normalized spacial score (nSPS) is 17.0. The number of aliphatic hydroxyl groups excluding tert-OH is 1. The van der Waals surface area contributed by atoms with Crippen LogP contribution >= 0.6 is 15.9 Å². The van der Waals surface area contributed by atoms with Crippen molar-refractivity contribution < 1.29 is 23.8 Å². The Labute approximate surface area is 274 Å². The van der Waals surface area contributed by atoms with Crippen LogP contribution in [0.15, 0.2) is 112 Å². The van der Waals surface area contributed by atoms with E-state index in [1.807, 2.05) is 66.7 Å². The van der Waals surface area contributed by atoms with E-state index in [1.165, 1.54) is 12.1 Å². The van der Waals surface area contributed by atoms with Crippen molar-refractivity contribution in [2.45, 2.75) is 37.5 Å². The monoisotopic (exact) mass is 685 g/mol. The highest BCUT2D eigenvalue weighted by Gasteiger charge is 2.54. The van der Waals surface area contributed by atoms with Gasteiger partial charge in [-0.15, -0.1) is 0 Å². The highest BCUT2D eigenvalue weighted by Crippen LogP contribution is 2.45. The van der Waals surface area contributed by atoms with Gasteiger partial charge >= 0.3 is 0 Å². The zero-order valence-corrected chi connectivity index (χ0v) is 26.6. The Kier molecular flexibility index (Phi) is 11.0. The van der Waals surface area contributed by atoms with Gasteiger partial charge in [-0.2, -0.15) is 0 Å². The zero-order valence-electron chi connectivity index (χ0n) is 25.0. The first kappa shape index (κ1) is 32.7. The predicted octanol–water partition coefficient (Wildman–Crippen LogP) is 7.02. The summed E-state index contributed by atoms with van der Waals surface area (Å²) in [5.41, 5.74) is 11.2. The maximum atomic E-state index is 14.5. The van der Waals surface area contributed by atoms with Crippen molar-refractivity contribution in [3.63, 3.8) is 0 Å². The van der Waals surface area contributed by atoms with Crippen LogP contribution in [0.4, 0.5) is 4.39 Å². The molecule has 1 heterocycles. The number of rotatable bonds is 14. The molecule has 0 aliphatic carbocycles. The summed E-state index contributed by atoms with van der Waals surface area (Å²) in [5.74, 6) is 0.221. The summed E-state index contributed by atoms with van der Waals surface area (Å²) in [6.07, 6.45) is 0.249. The third-order valence-corrected chi connectivity index (χ3v) is 8.41. The molecule has 11 heteroatoms. The van der Waals surface area contributed by atoms with Crippen LogP contribution in [0, 0.1) is 5.82 Å². The quantitative estimate of drug-likeness (QED) is 0.0640. The lowest BCUT2D eigenvalue weighted by Gasteiger charge is -2.32. The molecular formula is C35H33BrFN5O4. The Bertz CT molecular complexity index is 1750. The summed E-state index contributed by atoms with van der Waals surface area (Å²) in [5, 5.41) is 15.9. The van der Waals surface area contributed by atoms with E-state index >= 15 is 0 Å². The van der Waals surface area contributed by atoms with E-state index in [4.69, 9.17) is 25.1 Å². The molecule has 0 saturated carbocycles. The molecule has 4 aromatic rings. The van der Waals surface area contributed by atoms with Gasteiger partial charge in [0.2, 0.25) is 5.90 Å². The minimum Gasteiger partial charge on any atom is -0.494 e. The van der Waals surface area contributed by atoms with E-state index < -0.39 is 11.6 Å². The van der Waals surface area contributed by atoms with Crippen LogP contribution in [0.5, 0.6) is 5.75 Å². The Balaban J connectivity index is 1.56. The fourth-order valence-electron chi connectivity index (χ4n) is 5.40. The Morgan fingerprint density at radius 3 is 2.57 bits per heavy atom. The number of halogens is 2. The van der Waals surface area contributed by atoms with Crippen LogP contribution in [-0.4, -0.2) is 42.2 Å². The molecule has 2 atom stereocenters. The molecule has 9 nitrogen and oxygen atoms in total. The van der Waals surface area contributed by atoms with Crippen LogP contribution in [0.2, 0.25) is 0 Å². The van der Waals surface area contributed by atoms with Crippen LogP contribution < -0.4 is 10.1 Å². The molecular weight excluding hydrogens is 653 g/mol. The lowest BCUT2D eigenvalue weighted by molar-refractivity contribution is -0.128. The zero-order chi connectivity index (χ0) is 32.4. The summed E-state index contributed by atoms with van der Waals surface area (Å²) in [4.78, 5) is 22.5. The second-order valence-electron chi connectivity index (χ2n) is 10.8. The Morgan fingerprint density at radius 1 is 1.07 bits per heavy atom. The summed E-state index contributed by atoms with van der Waals surface area (Å²) in [6.45, 7) is 0.778. The minimum absolute atomic E-state index is 0.0392. The van der Waals surface area contributed by atoms with Gasteiger partial charge in [0.05, 0.1) is 13.2 Å². The smallest absolute Gasteiger partial charge is 0.252 e. The van der Waals surface area contributed by atoms with E-state index in [0.29, 0.717) is 30.8 Å². The standard InChI is InChI=1S/C35H33BrFN5O4/c36-31-12-4-3-11-30(31)32-35(22-26-8-1-2-9-27(26)23-40-42-38,34(44)39-18-17-24-7-5-10-28(37)21-24)41-33(46-32)25-13-15-29(16-14-25)45-20-6-19-43/h1-5,7-16,21,32,43H,6,17-20,22-23H2,(H,39,44)/t32-,35-/m1/s1. The topological polar surface area (TPSA) is 129 Å². The Hall–Kier alpha value is -4.70. The molecule has 0 fully saturated rings. The number of carbonyl (C=O) groups excluding carboxylic acids is 1. The third-order valence-electron chi connectivity index (χ3n) is 7.69. The second kappa shape index (κ2) is 15.5.